The Balaban J connectivity index is 1.40. The first kappa shape index (κ1) is 19.6. The third-order valence-electron chi connectivity index (χ3n) is 4.85. The number of hydrogen-bond acceptors (Lipinski definition) is 5. The standard InChI is InChI=1S/C22H25N7O/c1-22(2,3)17-12-18(29(4)28-17)27-19(30)11-14-5-7-15(8-6-14)26-21-16-9-10-23-20(16)24-13-25-21/h5-10,12-13H,11H2,1-4H3,(H,27,30)(H2,23,24,25,26). The highest BCUT2D eigenvalue weighted by Crippen LogP contribution is 2.24. The quantitative estimate of drug-likeness (QED) is 0.469. The lowest BCUT2D eigenvalue weighted by Gasteiger charge is -2.13. The SMILES string of the molecule is Cn1nc(C(C)(C)C)cc1NC(=O)Cc1ccc(Nc2ncnc3[nH]ccc23)cc1. The second-order valence-electron chi connectivity index (χ2n) is 8.30. The minimum atomic E-state index is -0.0796. The van der Waals surface area contributed by atoms with E-state index in [-0.39, 0.29) is 17.7 Å². The smallest absolute Gasteiger partial charge is 0.229 e. The maximum Gasteiger partial charge on any atom is 0.229 e. The van der Waals surface area contributed by atoms with Crippen LogP contribution in [0.15, 0.2) is 48.9 Å². The van der Waals surface area contributed by atoms with Crippen molar-refractivity contribution < 1.29 is 4.79 Å². The Hall–Kier alpha value is -3.68. The summed E-state index contributed by atoms with van der Waals surface area (Å²) in [5, 5.41) is 11.7. The van der Waals surface area contributed by atoms with Crippen LogP contribution in [0.5, 0.6) is 0 Å². The minimum absolute atomic E-state index is 0.0702. The monoisotopic (exact) mass is 403 g/mol. The topological polar surface area (TPSA) is 101 Å². The molecule has 3 aromatic heterocycles. The summed E-state index contributed by atoms with van der Waals surface area (Å²) in [4.78, 5) is 24.1. The predicted molar refractivity (Wildman–Crippen MR) is 118 cm³/mol. The molecule has 30 heavy (non-hydrogen) atoms. The van der Waals surface area contributed by atoms with Gasteiger partial charge in [0.1, 0.15) is 23.6 Å². The van der Waals surface area contributed by atoms with Gasteiger partial charge in [0, 0.05) is 30.4 Å². The molecule has 0 saturated heterocycles. The molecule has 3 heterocycles. The lowest BCUT2D eigenvalue weighted by atomic mass is 9.92. The van der Waals surface area contributed by atoms with E-state index in [1.807, 2.05) is 49.6 Å². The lowest BCUT2D eigenvalue weighted by molar-refractivity contribution is -0.115. The van der Waals surface area contributed by atoms with Crippen LogP contribution in [0.25, 0.3) is 11.0 Å². The summed E-state index contributed by atoms with van der Waals surface area (Å²) in [5.74, 6) is 1.35. The van der Waals surface area contributed by atoms with Gasteiger partial charge >= 0.3 is 0 Å². The summed E-state index contributed by atoms with van der Waals surface area (Å²) >= 11 is 0. The maximum absolute atomic E-state index is 12.5. The molecule has 0 aliphatic carbocycles. The molecule has 0 fully saturated rings. The van der Waals surface area contributed by atoms with Crippen LogP contribution in [0.2, 0.25) is 0 Å². The molecular formula is C22H25N7O. The number of aromatic amines is 1. The van der Waals surface area contributed by atoms with Gasteiger partial charge in [-0.3, -0.25) is 9.48 Å². The van der Waals surface area contributed by atoms with Crippen molar-refractivity contribution in [3.8, 4) is 0 Å². The van der Waals surface area contributed by atoms with E-state index < -0.39 is 0 Å². The number of hydrogen-bond donors (Lipinski definition) is 3. The number of carbonyl (C=O) groups excluding carboxylic acids is 1. The Labute approximate surface area is 174 Å². The van der Waals surface area contributed by atoms with Crippen LogP contribution in [0.3, 0.4) is 0 Å². The van der Waals surface area contributed by atoms with Gasteiger partial charge in [-0.05, 0) is 23.8 Å². The van der Waals surface area contributed by atoms with Crippen molar-refractivity contribution in [2.24, 2.45) is 7.05 Å². The molecule has 0 radical (unpaired) electrons. The number of amides is 1. The van der Waals surface area contributed by atoms with Gasteiger partial charge in [0.15, 0.2) is 0 Å². The summed E-state index contributed by atoms with van der Waals surface area (Å²) in [5.41, 5.74) is 3.47. The van der Waals surface area contributed by atoms with E-state index in [9.17, 15) is 4.79 Å². The van der Waals surface area contributed by atoms with Gasteiger partial charge < -0.3 is 15.6 Å². The summed E-state index contributed by atoms with van der Waals surface area (Å²) in [6.07, 6.45) is 3.63. The van der Waals surface area contributed by atoms with Crippen molar-refractivity contribution >= 4 is 34.3 Å². The molecule has 1 aromatic carbocycles. The average molecular weight is 403 g/mol. The number of fused-ring (bicyclic) bond motifs is 1. The highest BCUT2D eigenvalue weighted by atomic mass is 16.1. The van der Waals surface area contributed by atoms with E-state index in [4.69, 9.17) is 0 Å². The average Bonchev–Trinajstić information content (AvgIpc) is 3.31. The van der Waals surface area contributed by atoms with Crippen molar-refractivity contribution in [1.82, 2.24) is 24.7 Å². The highest BCUT2D eigenvalue weighted by molar-refractivity contribution is 5.92. The molecule has 0 spiro atoms. The van der Waals surface area contributed by atoms with Crippen molar-refractivity contribution in [2.45, 2.75) is 32.6 Å². The van der Waals surface area contributed by atoms with Gasteiger partial charge in [0.25, 0.3) is 0 Å². The molecule has 0 unspecified atom stereocenters. The van der Waals surface area contributed by atoms with Gasteiger partial charge in [-0.15, -0.1) is 0 Å². The zero-order valence-electron chi connectivity index (χ0n) is 17.5. The molecular weight excluding hydrogens is 378 g/mol. The molecule has 4 rings (SSSR count). The Morgan fingerprint density at radius 3 is 2.60 bits per heavy atom. The molecule has 0 atom stereocenters. The number of aryl methyl sites for hydroxylation is 1. The van der Waals surface area contributed by atoms with Gasteiger partial charge in [-0.2, -0.15) is 5.10 Å². The molecule has 0 saturated carbocycles. The van der Waals surface area contributed by atoms with Crippen molar-refractivity contribution in [3.05, 3.63) is 60.2 Å². The van der Waals surface area contributed by atoms with Crippen LogP contribution in [-0.4, -0.2) is 30.6 Å². The van der Waals surface area contributed by atoms with Gasteiger partial charge in [0.2, 0.25) is 5.91 Å². The Morgan fingerprint density at radius 1 is 1.13 bits per heavy atom. The highest BCUT2D eigenvalue weighted by Gasteiger charge is 2.19. The molecule has 154 valence electrons. The number of aromatic nitrogens is 5. The Kier molecular flexibility index (Phi) is 4.99. The summed E-state index contributed by atoms with van der Waals surface area (Å²) in [6.45, 7) is 6.29. The van der Waals surface area contributed by atoms with Crippen LogP contribution >= 0.6 is 0 Å². The number of carbonyl (C=O) groups is 1. The second-order valence-corrected chi connectivity index (χ2v) is 8.30. The molecule has 1 amide bonds. The van der Waals surface area contributed by atoms with Crippen LogP contribution < -0.4 is 10.6 Å². The van der Waals surface area contributed by atoms with E-state index in [0.29, 0.717) is 5.82 Å². The first-order chi connectivity index (χ1) is 14.3. The maximum atomic E-state index is 12.5. The summed E-state index contributed by atoms with van der Waals surface area (Å²) in [6, 6.07) is 11.6. The minimum Gasteiger partial charge on any atom is -0.346 e. The van der Waals surface area contributed by atoms with Crippen molar-refractivity contribution in [3.63, 3.8) is 0 Å². The van der Waals surface area contributed by atoms with E-state index in [0.717, 1.165) is 33.8 Å². The largest absolute Gasteiger partial charge is 0.346 e. The first-order valence-electron chi connectivity index (χ1n) is 9.78. The number of H-pyrrole nitrogens is 1. The number of nitrogens with one attached hydrogen (secondary N) is 3. The Morgan fingerprint density at radius 2 is 1.90 bits per heavy atom. The van der Waals surface area contributed by atoms with Crippen molar-refractivity contribution in [2.75, 3.05) is 10.6 Å². The normalized spacial score (nSPS) is 11.6. The molecule has 0 aliphatic rings. The number of nitrogens with zero attached hydrogens (tertiary/aromatic N) is 4. The lowest BCUT2D eigenvalue weighted by Crippen LogP contribution is -2.16. The predicted octanol–water partition coefficient (Wildman–Crippen LogP) is 3.91. The zero-order chi connectivity index (χ0) is 21.3. The van der Waals surface area contributed by atoms with E-state index in [2.05, 4.69) is 51.5 Å². The molecule has 0 bridgehead atoms. The molecule has 8 heteroatoms. The fourth-order valence-corrected chi connectivity index (χ4v) is 3.14. The van der Waals surface area contributed by atoms with Gasteiger partial charge in [-0.25, -0.2) is 9.97 Å². The number of rotatable bonds is 5. The molecule has 4 aromatic rings. The Bertz CT molecular complexity index is 1180. The van der Waals surface area contributed by atoms with Crippen LogP contribution in [0.1, 0.15) is 32.0 Å². The fourth-order valence-electron chi connectivity index (χ4n) is 3.14. The molecule has 3 N–H and O–H groups in total. The third kappa shape index (κ3) is 4.17. The second kappa shape index (κ2) is 7.62. The summed E-state index contributed by atoms with van der Waals surface area (Å²) < 4.78 is 1.70. The fraction of sp³-hybridized carbons (Fsp3) is 0.273. The third-order valence-corrected chi connectivity index (χ3v) is 4.85. The van der Waals surface area contributed by atoms with Crippen molar-refractivity contribution in [1.29, 1.82) is 0 Å². The van der Waals surface area contributed by atoms with Gasteiger partial charge in [0.05, 0.1) is 17.5 Å². The zero-order valence-corrected chi connectivity index (χ0v) is 17.5. The van der Waals surface area contributed by atoms with E-state index in [1.165, 1.54) is 6.33 Å². The van der Waals surface area contributed by atoms with Crippen LogP contribution in [0, 0.1) is 0 Å². The van der Waals surface area contributed by atoms with Crippen LogP contribution in [0.4, 0.5) is 17.3 Å². The number of anilines is 3. The van der Waals surface area contributed by atoms with E-state index in [1.54, 1.807) is 4.68 Å². The van der Waals surface area contributed by atoms with E-state index >= 15 is 0 Å². The first-order valence-corrected chi connectivity index (χ1v) is 9.78. The number of benzene rings is 1. The van der Waals surface area contributed by atoms with Crippen LogP contribution in [-0.2, 0) is 23.7 Å². The molecule has 0 aliphatic heterocycles. The molecule has 8 nitrogen and oxygen atoms in total. The summed E-state index contributed by atoms with van der Waals surface area (Å²) in [7, 11) is 1.83. The van der Waals surface area contributed by atoms with Gasteiger partial charge in [-0.1, -0.05) is 32.9 Å².